The number of hydrogen-bond acceptors (Lipinski definition) is 5. The number of anilines is 1. The van der Waals surface area contributed by atoms with Gasteiger partial charge in [0, 0.05) is 19.1 Å². The van der Waals surface area contributed by atoms with Gasteiger partial charge in [0.15, 0.2) is 6.61 Å². The molecular weight excluding hydrogens is 410 g/mol. The number of amides is 3. The van der Waals surface area contributed by atoms with Gasteiger partial charge in [0.1, 0.15) is 18.9 Å². The van der Waals surface area contributed by atoms with Crippen molar-refractivity contribution in [3.63, 3.8) is 0 Å². The van der Waals surface area contributed by atoms with Gasteiger partial charge >= 0.3 is 6.09 Å². The molecule has 0 radical (unpaired) electrons. The van der Waals surface area contributed by atoms with Crippen molar-refractivity contribution in [3.05, 3.63) is 60.2 Å². The number of nitrogens with zero attached hydrogens (tertiary/aromatic N) is 3. The number of likely N-dealkylation sites (tertiary alicyclic amines) is 1. The summed E-state index contributed by atoms with van der Waals surface area (Å²) in [6, 6.07) is 17.1. The predicted octanol–water partition coefficient (Wildman–Crippen LogP) is 2.60. The second kappa shape index (κ2) is 8.53. The van der Waals surface area contributed by atoms with Crippen molar-refractivity contribution in [2.75, 3.05) is 37.7 Å². The first-order chi connectivity index (χ1) is 15.6. The van der Waals surface area contributed by atoms with Crippen molar-refractivity contribution < 1.29 is 23.9 Å². The van der Waals surface area contributed by atoms with Gasteiger partial charge in [-0.1, -0.05) is 42.5 Å². The number of carbonyl (C=O) groups is 3. The number of cyclic esters (lactones) is 1. The van der Waals surface area contributed by atoms with Gasteiger partial charge in [-0.25, -0.2) is 4.79 Å². The molecule has 0 aromatic heterocycles. The monoisotopic (exact) mass is 435 g/mol. The molecule has 2 fully saturated rings. The molecule has 8 heteroatoms. The van der Waals surface area contributed by atoms with Crippen LogP contribution in [0.5, 0.6) is 5.75 Å². The number of hydrogen-bond donors (Lipinski definition) is 0. The lowest BCUT2D eigenvalue weighted by atomic mass is 9.99. The van der Waals surface area contributed by atoms with Crippen LogP contribution in [0.3, 0.4) is 0 Å². The fourth-order valence-electron chi connectivity index (χ4n) is 4.72. The van der Waals surface area contributed by atoms with Crippen molar-refractivity contribution in [1.29, 1.82) is 0 Å². The summed E-state index contributed by atoms with van der Waals surface area (Å²) in [7, 11) is 0. The van der Waals surface area contributed by atoms with Gasteiger partial charge < -0.3 is 14.4 Å². The van der Waals surface area contributed by atoms with Crippen molar-refractivity contribution in [3.8, 4) is 5.75 Å². The summed E-state index contributed by atoms with van der Waals surface area (Å²) in [6.07, 6.45) is 1.06. The van der Waals surface area contributed by atoms with E-state index in [-0.39, 0.29) is 43.1 Å². The maximum atomic E-state index is 13.0. The lowest BCUT2D eigenvalue weighted by molar-refractivity contribution is -0.133. The number of benzene rings is 2. The van der Waals surface area contributed by atoms with Gasteiger partial charge in [-0.2, -0.15) is 0 Å². The van der Waals surface area contributed by atoms with Crippen molar-refractivity contribution in [2.45, 2.75) is 24.9 Å². The fourth-order valence-corrected chi connectivity index (χ4v) is 4.72. The lowest BCUT2D eigenvalue weighted by Crippen LogP contribution is -2.51. The summed E-state index contributed by atoms with van der Waals surface area (Å²) in [5, 5.41) is 0. The third kappa shape index (κ3) is 3.77. The van der Waals surface area contributed by atoms with Crippen LogP contribution in [-0.4, -0.2) is 66.6 Å². The normalized spacial score (nSPS) is 21.2. The molecule has 1 atom stereocenters. The van der Waals surface area contributed by atoms with Gasteiger partial charge in [-0.15, -0.1) is 0 Å². The molecule has 0 spiro atoms. The Morgan fingerprint density at radius 2 is 1.66 bits per heavy atom. The van der Waals surface area contributed by atoms with Crippen LogP contribution in [0.4, 0.5) is 10.5 Å². The number of ether oxygens (including phenoxy) is 2. The number of fused-ring (bicyclic) bond motifs is 1. The first-order valence-electron chi connectivity index (χ1n) is 10.9. The standard InChI is InChI=1S/C24H25N3O5/c28-22(14-26-19-8-4-5-9-21(19)31-16-23(26)29)25-12-10-18(11-13-25)27-20(15-32-24(27)30)17-6-2-1-3-7-17/h1-9,18,20H,10-16H2. The van der Waals surface area contributed by atoms with E-state index in [1.165, 1.54) is 4.90 Å². The van der Waals surface area contributed by atoms with Crippen LogP contribution in [-0.2, 0) is 14.3 Å². The average molecular weight is 435 g/mol. The lowest BCUT2D eigenvalue weighted by Gasteiger charge is -2.38. The summed E-state index contributed by atoms with van der Waals surface area (Å²) in [6.45, 7) is 1.34. The van der Waals surface area contributed by atoms with E-state index in [2.05, 4.69) is 0 Å². The number of piperidine rings is 1. The minimum Gasteiger partial charge on any atom is -0.482 e. The van der Waals surface area contributed by atoms with Crippen molar-refractivity contribution in [2.24, 2.45) is 0 Å². The summed E-state index contributed by atoms with van der Waals surface area (Å²) < 4.78 is 10.8. The van der Waals surface area contributed by atoms with E-state index in [1.807, 2.05) is 47.4 Å². The van der Waals surface area contributed by atoms with Crippen LogP contribution in [0.1, 0.15) is 24.4 Å². The zero-order valence-electron chi connectivity index (χ0n) is 17.7. The molecule has 32 heavy (non-hydrogen) atoms. The minimum absolute atomic E-state index is 0.0116. The molecule has 0 saturated carbocycles. The number of rotatable bonds is 4. The Kier molecular flexibility index (Phi) is 5.43. The highest BCUT2D eigenvalue weighted by atomic mass is 16.6. The number of para-hydroxylation sites is 2. The van der Waals surface area contributed by atoms with Crippen molar-refractivity contribution >= 4 is 23.6 Å². The molecule has 1 unspecified atom stereocenters. The van der Waals surface area contributed by atoms with Gasteiger partial charge in [0.25, 0.3) is 5.91 Å². The summed E-state index contributed by atoms with van der Waals surface area (Å²) >= 11 is 0. The highest BCUT2D eigenvalue weighted by molar-refractivity contribution is 6.02. The Bertz CT molecular complexity index is 1020. The molecule has 5 rings (SSSR count). The van der Waals surface area contributed by atoms with Crippen LogP contribution in [0.15, 0.2) is 54.6 Å². The van der Waals surface area contributed by atoms with E-state index < -0.39 is 0 Å². The largest absolute Gasteiger partial charge is 0.482 e. The molecule has 2 aromatic rings. The first kappa shape index (κ1) is 20.4. The highest BCUT2D eigenvalue weighted by Crippen LogP contribution is 2.34. The van der Waals surface area contributed by atoms with E-state index >= 15 is 0 Å². The Morgan fingerprint density at radius 3 is 2.44 bits per heavy atom. The van der Waals surface area contributed by atoms with Crippen LogP contribution in [0.25, 0.3) is 0 Å². The molecule has 8 nitrogen and oxygen atoms in total. The summed E-state index contributed by atoms with van der Waals surface area (Å²) in [5.74, 6) is 0.285. The second-order valence-corrected chi connectivity index (χ2v) is 8.26. The molecule has 0 N–H and O–H groups in total. The highest BCUT2D eigenvalue weighted by Gasteiger charge is 2.41. The third-order valence-electron chi connectivity index (χ3n) is 6.41. The topological polar surface area (TPSA) is 79.4 Å². The van der Waals surface area contributed by atoms with Crippen LogP contribution in [0, 0.1) is 0 Å². The van der Waals surface area contributed by atoms with Gasteiger partial charge in [-0.3, -0.25) is 19.4 Å². The molecule has 2 aromatic carbocycles. The van der Waals surface area contributed by atoms with Crippen LogP contribution >= 0.6 is 0 Å². The maximum Gasteiger partial charge on any atom is 0.410 e. The first-order valence-corrected chi connectivity index (χ1v) is 10.9. The third-order valence-corrected chi connectivity index (χ3v) is 6.41. The fraction of sp³-hybridized carbons (Fsp3) is 0.375. The molecule has 2 saturated heterocycles. The average Bonchev–Trinajstić information content (AvgIpc) is 3.23. The van der Waals surface area contributed by atoms with Gasteiger partial charge in [0.05, 0.1) is 11.7 Å². The Morgan fingerprint density at radius 1 is 0.938 bits per heavy atom. The van der Waals surface area contributed by atoms with Gasteiger partial charge in [-0.05, 0) is 30.5 Å². The number of carbonyl (C=O) groups excluding carboxylic acids is 3. The Balaban J connectivity index is 1.23. The minimum atomic E-state index is -0.292. The summed E-state index contributed by atoms with van der Waals surface area (Å²) in [5.41, 5.74) is 1.68. The smallest absolute Gasteiger partial charge is 0.410 e. The Labute approximate surface area is 186 Å². The molecule has 3 aliphatic heterocycles. The van der Waals surface area contributed by atoms with E-state index in [0.717, 1.165) is 5.56 Å². The van der Waals surface area contributed by atoms with E-state index in [1.54, 1.807) is 17.0 Å². The second-order valence-electron chi connectivity index (χ2n) is 8.26. The van der Waals surface area contributed by atoms with E-state index in [0.29, 0.717) is 44.0 Å². The molecule has 166 valence electrons. The summed E-state index contributed by atoms with van der Waals surface area (Å²) in [4.78, 5) is 42.9. The SMILES string of the molecule is O=C(CN1C(=O)COc2ccccc21)N1CCC(N2C(=O)OCC2c2ccccc2)CC1. The molecule has 3 amide bonds. The molecule has 0 aliphatic carbocycles. The zero-order chi connectivity index (χ0) is 22.1. The molecule has 3 heterocycles. The Hall–Kier alpha value is -3.55. The zero-order valence-corrected chi connectivity index (χ0v) is 17.7. The predicted molar refractivity (Wildman–Crippen MR) is 116 cm³/mol. The maximum absolute atomic E-state index is 13.0. The molecule has 3 aliphatic rings. The van der Waals surface area contributed by atoms with Crippen LogP contribution < -0.4 is 9.64 Å². The molecule has 0 bridgehead atoms. The van der Waals surface area contributed by atoms with Crippen LogP contribution in [0.2, 0.25) is 0 Å². The van der Waals surface area contributed by atoms with E-state index in [9.17, 15) is 14.4 Å². The van der Waals surface area contributed by atoms with Gasteiger partial charge in [0.2, 0.25) is 5.91 Å². The van der Waals surface area contributed by atoms with E-state index in [4.69, 9.17) is 9.47 Å². The quantitative estimate of drug-likeness (QED) is 0.738. The van der Waals surface area contributed by atoms with Crippen molar-refractivity contribution in [1.82, 2.24) is 9.80 Å². The molecular formula is C24H25N3O5.